The number of hydrogen-bond donors (Lipinski definition) is 1. The summed E-state index contributed by atoms with van der Waals surface area (Å²) in [5.41, 5.74) is 10.0. The number of fused-ring (bicyclic) bond motifs is 1. The zero-order valence-corrected chi connectivity index (χ0v) is 18.1. The molecule has 0 aliphatic carbocycles. The Morgan fingerprint density at radius 1 is 1.06 bits per heavy atom. The van der Waals surface area contributed by atoms with E-state index in [1.165, 1.54) is 12.1 Å². The minimum absolute atomic E-state index is 0.0172. The van der Waals surface area contributed by atoms with E-state index in [0.29, 0.717) is 22.8 Å². The second-order valence-electron chi connectivity index (χ2n) is 7.48. The van der Waals surface area contributed by atoms with Crippen LogP contribution in [-0.4, -0.2) is 41.5 Å². The molecule has 4 aromatic heterocycles. The van der Waals surface area contributed by atoms with Gasteiger partial charge in [0.2, 0.25) is 5.95 Å². The fourth-order valence-corrected chi connectivity index (χ4v) is 3.88. The molecule has 4 heterocycles. The molecule has 0 spiro atoms. The van der Waals surface area contributed by atoms with Crippen LogP contribution < -0.4 is 10.5 Å². The Hall–Kier alpha value is -4.34. The van der Waals surface area contributed by atoms with E-state index >= 15 is 0 Å². The molecule has 9 nitrogen and oxygen atoms in total. The van der Waals surface area contributed by atoms with Crippen molar-refractivity contribution in [3.05, 3.63) is 72.7 Å². The van der Waals surface area contributed by atoms with Crippen molar-refractivity contribution < 1.29 is 9.13 Å². The zero-order valence-electron chi connectivity index (χ0n) is 18.1. The largest absolute Gasteiger partial charge is 0.492 e. The van der Waals surface area contributed by atoms with Gasteiger partial charge in [0.25, 0.3) is 0 Å². The topological polar surface area (TPSA) is 109 Å². The molecule has 1 atom stereocenters. The molecular formula is C23H21FN8O. The summed E-state index contributed by atoms with van der Waals surface area (Å²) in [5, 5.41) is 8.65. The summed E-state index contributed by atoms with van der Waals surface area (Å²) in [7, 11) is 1.56. The molecule has 0 amide bonds. The number of benzene rings is 1. The van der Waals surface area contributed by atoms with Crippen LogP contribution in [0.15, 0.2) is 61.3 Å². The molecule has 10 heteroatoms. The highest BCUT2D eigenvalue weighted by molar-refractivity contribution is 5.76. The van der Waals surface area contributed by atoms with E-state index in [-0.39, 0.29) is 17.8 Å². The van der Waals surface area contributed by atoms with E-state index in [2.05, 4.69) is 27.1 Å². The highest BCUT2D eigenvalue weighted by Gasteiger charge is 2.17. The monoisotopic (exact) mass is 444 g/mol. The van der Waals surface area contributed by atoms with Crippen molar-refractivity contribution in [3.8, 4) is 28.3 Å². The van der Waals surface area contributed by atoms with Gasteiger partial charge in [-0.2, -0.15) is 10.1 Å². The molecule has 1 unspecified atom stereocenters. The van der Waals surface area contributed by atoms with E-state index in [9.17, 15) is 4.39 Å². The van der Waals surface area contributed by atoms with Crippen LogP contribution >= 0.6 is 0 Å². The van der Waals surface area contributed by atoms with Gasteiger partial charge in [-0.1, -0.05) is 19.1 Å². The molecule has 0 radical (unpaired) electrons. The Labute approximate surface area is 188 Å². The van der Waals surface area contributed by atoms with Crippen LogP contribution in [0.25, 0.3) is 28.2 Å². The van der Waals surface area contributed by atoms with Gasteiger partial charge in [-0.05, 0) is 30.2 Å². The number of nitrogens with zero attached hydrogens (tertiary/aromatic N) is 7. The van der Waals surface area contributed by atoms with Crippen molar-refractivity contribution in [2.45, 2.75) is 19.4 Å². The van der Waals surface area contributed by atoms with Crippen LogP contribution in [0.4, 0.5) is 10.3 Å². The highest BCUT2D eigenvalue weighted by atomic mass is 19.1. The average molecular weight is 444 g/mol. The number of methoxy groups -OCH3 is 1. The van der Waals surface area contributed by atoms with Gasteiger partial charge in [0.05, 0.1) is 43.1 Å². The number of aromatic nitrogens is 7. The molecule has 0 bridgehead atoms. The summed E-state index contributed by atoms with van der Waals surface area (Å²) in [5.74, 6) is 0.403. The number of ether oxygens (including phenoxy) is 1. The first kappa shape index (κ1) is 20.6. The molecule has 0 aliphatic rings. The number of hydrogen-bond acceptors (Lipinski definition) is 7. The van der Waals surface area contributed by atoms with E-state index in [4.69, 9.17) is 15.5 Å². The number of anilines is 1. The van der Waals surface area contributed by atoms with Gasteiger partial charge in [-0.3, -0.25) is 9.67 Å². The molecule has 0 saturated carbocycles. The predicted molar refractivity (Wildman–Crippen MR) is 121 cm³/mol. The molecule has 0 fully saturated rings. The minimum atomic E-state index is -0.260. The quantitative estimate of drug-likeness (QED) is 0.424. The Balaban J connectivity index is 1.51. The molecule has 5 rings (SSSR count). The van der Waals surface area contributed by atoms with Crippen molar-refractivity contribution in [1.29, 1.82) is 0 Å². The Morgan fingerprint density at radius 3 is 2.61 bits per heavy atom. The van der Waals surface area contributed by atoms with Crippen LogP contribution in [0.5, 0.6) is 5.75 Å². The lowest BCUT2D eigenvalue weighted by Gasteiger charge is -2.16. The molecule has 33 heavy (non-hydrogen) atoms. The third-order valence-electron chi connectivity index (χ3n) is 5.45. The lowest BCUT2D eigenvalue weighted by molar-refractivity contribution is 0.418. The number of pyridine rings is 1. The highest BCUT2D eigenvalue weighted by Crippen LogP contribution is 2.33. The van der Waals surface area contributed by atoms with Crippen LogP contribution in [0.2, 0.25) is 0 Å². The minimum Gasteiger partial charge on any atom is -0.492 e. The molecule has 166 valence electrons. The van der Waals surface area contributed by atoms with Crippen molar-refractivity contribution >= 4 is 11.6 Å². The molecule has 1 aromatic carbocycles. The number of rotatable bonds is 6. The van der Waals surface area contributed by atoms with Crippen LogP contribution in [0.1, 0.15) is 24.9 Å². The van der Waals surface area contributed by atoms with Crippen molar-refractivity contribution in [2.24, 2.45) is 0 Å². The van der Waals surface area contributed by atoms with Gasteiger partial charge in [-0.25, -0.2) is 13.9 Å². The molecule has 5 aromatic rings. The maximum Gasteiger partial charge on any atom is 0.240 e. The first-order chi connectivity index (χ1) is 16.1. The van der Waals surface area contributed by atoms with Crippen LogP contribution in [0, 0.1) is 5.82 Å². The summed E-state index contributed by atoms with van der Waals surface area (Å²) < 4.78 is 22.3. The van der Waals surface area contributed by atoms with Gasteiger partial charge in [-0.15, -0.1) is 5.10 Å². The summed E-state index contributed by atoms with van der Waals surface area (Å²) >= 11 is 0. The summed E-state index contributed by atoms with van der Waals surface area (Å²) in [4.78, 5) is 13.4. The second kappa shape index (κ2) is 8.30. The van der Waals surface area contributed by atoms with Gasteiger partial charge >= 0.3 is 0 Å². The summed E-state index contributed by atoms with van der Waals surface area (Å²) in [6.45, 7) is 2.06. The molecule has 2 N–H and O–H groups in total. The maximum atomic E-state index is 13.3. The number of nitrogen functional groups attached to an aromatic ring is 1. The average Bonchev–Trinajstić information content (AvgIpc) is 3.46. The lowest BCUT2D eigenvalue weighted by Crippen LogP contribution is -2.10. The first-order valence-corrected chi connectivity index (χ1v) is 10.4. The summed E-state index contributed by atoms with van der Waals surface area (Å²) in [6, 6.07) is 8.31. The van der Waals surface area contributed by atoms with Gasteiger partial charge in [0, 0.05) is 23.5 Å². The molecule has 0 saturated heterocycles. The van der Waals surface area contributed by atoms with E-state index < -0.39 is 0 Å². The van der Waals surface area contributed by atoms with Crippen molar-refractivity contribution in [1.82, 2.24) is 34.3 Å². The first-order valence-electron chi connectivity index (χ1n) is 10.4. The fraction of sp³-hybridized carbons (Fsp3) is 0.174. The second-order valence-corrected chi connectivity index (χ2v) is 7.48. The molecular weight excluding hydrogens is 423 g/mol. The van der Waals surface area contributed by atoms with Crippen molar-refractivity contribution in [2.75, 3.05) is 12.8 Å². The SMILES string of the molecule is CCC(c1ccc(F)cc1)n1cc(-c2cncc(-c3ccn4nc(N)nc4c3OC)n2)cn1. The van der Waals surface area contributed by atoms with Gasteiger partial charge < -0.3 is 10.5 Å². The fourth-order valence-electron chi connectivity index (χ4n) is 3.88. The summed E-state index contributed by atoms with van der Waals surface area (Å²) in [6.07, 6.45) is 9.57. The Morgan fingerprint density at radius 2 is 1.85 bits per heavy atom. The number of nitrogens with two attached hydrogens (primary N) is 1. The molecule has 0 aliphatic heterocycles. The van der Waals surface area contributed by atoms with Gasteiger partial charge in [0.15, 0.2) is 11.4 Å². The van der Waals surface area contributed by atoms with E-state index in [1.807, 2.05) is 16.9 Å². The normalized spacial score (nSPS) is 12.2. The van der Waals surface area contributed by atoms with Crippen molar-refractivity contribution in [3.63, 3.8) is 0 Å². The van der Waals surface area contributed by atoms with Crippen LogP contribution in [0.3, 0.4) is 0 Å². The predicted octanol–water partition coefficient (Wildman–Crippen LogP) is 3.78. The Bertz CT molecular complexity index is 1430. The van der Waals surface area contributed by atoms with Crippen LogP contribution in [-0.2, 0) is 0 Å². The smallest absolute Gasteiger partial charge is 0.240 e. The van der Waals surface area contributed by atoms with Gasteiger partial charge in [0.1, 0.15) is 5.82 Å². The third-order valence-corrected chi connectivity index (χ3v) is 5.45. The standard InChI is InChI=1S/C23H21FN8O/c1-3-20(14-4-6-16(24)7-5-14)32-13-15(10-27-32)18-11-26-12-19(28-18)17-8-9-31-22(21(17)33-2)29-23(25)30-31/h4-13,20H,3H2,1-2H3,(H2,25,30). The zero-order chi connectivity index (χ0) is 22.9. The maximum absolute atomic E-state index is 13.3. The lowest BCUT2D eigenvalue weighted by atomic mass is 10.0. The van der Waals surface area contributed by atoms with E-state index in [1.54, 1.807) is 48.5 Å². The number of halogens is 1. The Kier molecular flexibility index (Phi) is 5.17. The third kappa shape index (κ3) is 3.75. The van der Waals surface area contributed by atoms with E-state index in [0.717, 1.165) is 23.1 Å².